The number of alkyl halides is 2. The Morgan fingerprint density at radius 1 is 1.40 bits per heavy atom. The summed E-state index contributed by atoms with van der Waals surface area (Å²) < 4.78 is 40.9. The second-order valence-corrected chi connectivity index (χ2v) is 2.54. The van der Waals surface area contributed by atoms with Gasteiger partial charge in [-0.15, -0.1) is 0 Å². The van der Waals surface area contributed by atoms with Crippen molar-refractivity contribution in [2.24, 2.45) is 0 Å². The van der Waals surface area contributed by atoms with E-state index in [0.717, 1.165) is 6.92 Å². The maximum absolute atomic E-state index is 12.7. The molecule has 0 aliphatic carbocycles. The first-order chi connectivity index (χ1) is 6.85. The minimum absolute atomic E-state index is 0.00312. The monoisotopic (exact) mass is 226 g/mol. The molecule has 0 spiro atoms. The predicted octanol–water partition coefficient (Wildman–Crippen LogP) is 1.56. The van der Waals surface area contributed by atoms with Gasteiger partial charge in [0.2, 0.25) is 0 Å². The predicted molar refractivity (Wildman–Crippen MR) is 42.5 cm³/mol. The fourth-order valence-electron chi connectivity index (χ4n) is 0.686. The lowest BCUT2D eigenvalue weighted by Crippen LogP contribution is -2.27. The third-order valence-corrected chi connectivity index (χ3v) is 1.34. The van der Waals surface area contributed by atoms with E-state index in [1.807, 2.05) is 0 Å². The lowest BCUT2D eigenvalue weighted by Gasteiger charge is -2.07. The summed E-state index contributed by atoms with van der Waals surface area (Å²) in [6.07, 6.45) is -0.0209. The molecule has 0 bridgehead atoms. The van der Waals surface area contributed by atoms with E-state index in [1.165, 1.54) is 6.92 Å². The van der Waals surface area contributed by atoms with Crippen LogP contribution in [0.5, 0.6) is 0 Å². The first-order valence-electron chi connectivity index (χ1n) is 3.92. The van der Waals surface area contributed by atoms with Gasteiger partial charge < -0.3 is 4.74 Å². The average molecular weight is 226 g/mol. The first-order valence-corrected chi connectivity index (χ1v) is 3.92. The van der Waals surface area contributed by atoms with E-state index in [0.29, 0.717) is 0 Å². The molecule has 0 unspecified atom stereocenters. The van der Waals surface area contributed by atoms with E-state index in [2.05, 4.69) is 9.68 Å². The van der Waals surface area contributed by atoms with Crippen LogP contribution in [0.2, 0.25) is 0 Å². The highest BCUT2D eigenvalue weighted by Gasteiger charge is 2.40. The molecule has 0 heterocycles. The molecule has 7 heteroatoms. The Balaban J connectivity index is 4.72. The van der Waals surface area contributed by atoms with Crippen molar-refractivity contribution < 1.29 is 32.6 Å². The van der Waals surface area contributed by atoms with Crippen LogP contribution in [0.25, 0.3) is 0 Å². The number of ether oxygens (including phenoxy) is 1. The largest absolute Gasteiger partial charge is 0.463 e. The van der Waals surface area contributed by atoms with Gasteiger partial charge in [-0.3, -0.25) is 0 Å². The Morgan fingerprint density at radius 2 is 1.93 bits per heavy atom. The zero-order valence-corrected chi connectivity index (χ0v) is 8.05. The van der Waals surface area contributed by atoms with E-state index in [1.54, 1.807) is 0 Å². The molecule has 0 saturated carbocycles. The van der Waals surface area contributed by atoms with Crippen molar-refractivity contribution in [1.82, 2.24) is 0 Å². The van der Waals surface area contributed by atoms with Crippen molar-refractivity contribution in [3.63, 3.8) is 0 Å². The summed E-state index contributed by atoms with van der Waals surface area (Å²) in [7, 11) is 0. The maximum Gasteiger partial charge on any atom is 0.421 e. The molecule has 0 amide bonds. The minimum atomic E-state index is -4.19. The van der Waals surface area contributed by atoms with Crippen molar-refractivity contribution >= 4 is 11.9 Å². The quantitative estimate of drug-likeness (QED) is 0.539. The summed E-state index contributed by atoms with van der Waals surface area (Å²) in [6.45, 7) is 2.50. The summed E-state index contributed by atoms with van der Waals surface area (Å²) >= 11 is 0. The van der Waals surface area contributed by atoms with Gasteiger partial charge in [0.15, 0.2) is 0 Å². The molecule has 0 aliphatic rings. The number of rotatable bonds is 4. The van der Waals surface area contributed by atoms with Gasteiger partial charge in [-0.05, 0) is 13.8 Å². The zero-order valence-electron chi connectivity index (χ0n) is 8.05. The number of halogens is 3. The third-order valence-electron chi connectivity index (χ3n) is 1.34. The van der Waals surface area contributed by atoms with E-state index >= 15 is 0 Å². The summed E-state index contributed by atoms with van der Waals surface area (Å²) in [5, 5.41) is 0. The van der Waals surface area contributed by atoms with Crippen molar-refractivity contribution in [3.05, 3.63) is 11.6 Å². The molecule has 0 aliphatic heterocycles. The van der Waals surface area contributed by atoms with Crippen molar-refractivity contribution in [1.29, 1.82) is 0 Å². The van der Waals surface area contributed by atoms with Gasteiger partial charge in [-0.25, -0.2) is 14.5 Å². The van der Waals surface area contributed by atoms with Crippen LogP contribution in [-0.2, 0) is 19.3 Å². The molecule has 0 aromatic rings. The molecular weight excluding hydrogens is 217 g/mol. The van der Waals surface area contributed by atoms with Crippen LogP contribution in [0.4, 0.5) is 13.3 Å². The van der Waals surface area contributed by atoms with Crippen LogP contribution in [-0.4, -0.2) is 24.5 Å². The summed E-state index contributed by atoms with van der Waals surface area (Å²) in [5.74, 6) is -7.58. The van der Waals surface area contributed by atoms with E-state index in [4.69, 9.17) is 0 Å². The van der Waals surface area contributed by atoms with Crippen molar-refractivity contribution in [2.45, 2.75) is 19.8 Å². The summed E-state index contributed by atoms with van der Waals surface area (Å²) in [6, 6.07) is 0. The van der Waals surface area contributed by atoms with Gasteiger partial charge in [-0.1, -0.05) is 0 Å². The van der Waals surface area contributed by atoms with Crippen molar-refractivity contribution in [3.8, 4) is 0 Å². The average Bonchev–Trinajstić information content (AvgIpc) is 2.16. The third kappa shape index (κ3) is 4.01. The van der Waals surface area contributed by atoms with Gasteiger partial charge >= 0.3 is 17.9 Å². The van der Waals surface area contributed by atoms with Crippen LogP contribution in [0, 0.1) is 0 Å². The molecule has 0 atom stereocenters. The standard InChI is InChI=1S/C8H9F3O4/c1-3-14-6(12)5(2)4-8(9,10)7(13)15-11/h4H,3H2,1-2H3. The second-order valence-electron chi connectivity index (χ2n) is 2.54. The van der Waals surface area contributed by atoms with Crippen LogP contribution in [0.15, 0.2) is 11.6 Å². The molecule has 0 radical (unpaired) electrons. The highest BCUT2D eigenvalue weighted by Crippen LogP contribution is 2.20. The number of hydrogen-bond donors (Lipinski definition) is 0. The Kier molecular flexibility index (Phi) is 4.83. The highest BCUT2D eigenvalue weighted by molar-refractivity contribution is 5.90. The molecule has 4 nitrogen and oxygen atoms in total. The Hall–Kier alpha value is -1.53. The fraction of sp³-hybridized carbons (Fsp3) is 0.500. The molecule has 86 valence electrons. The molecule has 15 heavy (non-hydrogen) atoms. The Labute approximate surface area is 83.6 Å². The van der Waals surface area contributed by atoms with Crippen LogP contribution in [0.3, 0.4) is 0 Å². The van der Waals surface area contributed by atoms with Crippen LogP contribution in [0.1, 0.15) is 13.8 Å². The second kappa shape index (κ2) is 5.38. The van der Waals surface area contributed by atoms with Crippen LogP contribution >= 0.6 is 0 Å². The molecule has 0 N–H and O–H groups in total. The molecule has 0 aromatic heterocycles. The van der Waals surface area contributed by atoms with E-state index < -0.39 is 23.4 Å². The smallest absolute Gasteiger partial charge is 0.421 e. The van der Waals surface area contributed by atoms with Gasteiger partial charge in [0.05, 0.1) is 6.61 Å². The van der Waals surface area contributed by atoms with Gasteiger partial charge in [-0.2, -0.15) is 8.78 Å². The topological polar surface area (TPSA) is 52.6 Å². The molecular formula is C8H9F3O4. The summed E-state index contributed by atoms with van der Waals surface area (Å²) in [4.78, 5) is 23.4. The van der Waals surface area contributed by atoms with E-state index in [-0.39, 0.29) is 12.7 Å². The minimum Gasteiger partial charge on any atom is -0.463 e. The van der Waals surface area contributed by atoms with Gasteiger partial charge in [0.1, 0.15) is 0 Å². The van der Waals surface area contributed by atoms with Gasteiger partial charge in [0, 0.05) is 16.2 Å². The van der Waals surface area contributed by atoms with Gasteiger partial charge in [0.25, 0.3) is 0 Å². The normalized spacial score (nSPS) is 12.2. The Morgan fingerprint density at radius 3 is 2.33 bits per heavy atom. The lowest BCUT2D eigenvalue weighted by molar-refractivity contribution is -0.205. The molecule has 0 saturated heterocycles. The highest BCUT2D eigenvalue weighted by atomic mass is 19.3. The number of carbonyl (C=O) groups excluding carboxylic acids is 2. The molecule has 0 rings (SSSR count). The van der Waals surface area contributed by atoms with E-state index in [9.17, 15) is 22.9 Å². The first kappa shape index (κ1) is 13.5. The SMILES string of the molecule is CCOC(=O)C(C)=CC(F)(F)C(=O)OF. The maximum atomic E-state index is 12.7. The van der Waals surface area contributed by atoms with Crippen LogP contribution < -0.4 is 0 Å². The Bertz CT molecular complexity index is 286. The zero-order chi connectivity index (χ0) is 12.1. The number of esters is 1. The lowest BCUT2D eigenvalue weighted by atomic mass is 10.2. The number of carbonyl (C=O) groups is 2. The molecule has 0 fully saturated rings. The summed E-state index contributed by atoms with van der Waals surface area (Å²) in [5.41, 5.74) is -0.507. The molecule has 0 aromatic carbocycles. The number of hydrogen-bond acceptors (Lipinski definition) is 4. The van der Waals surface area contributed by atoms with Crippen molar-refractivity contribution in [2.75, 3.05) is 6.61 Å². The fourth-order valence-corrected chi connectivity index (χ4v) is 0.686.